The van der Waals surface area contributed by atoms with Crippen LogP contribution in [-0.2, 0) is 4.79 Å². The van der Waals surface area contributed by atoms with Gasteiger partial charge in [0.15, 0.2) is 11.0 Å². The van der Waals surface area contributed by atoms with E-state index in [1.165, 1.54) is 42.5 Å². The minimum absolute atomic E-state index is 0.166. The molecule has 1 aromatic heterocycles. The molecule has 0 bridgehead atoms. The molecule has 1 unspecified atom stereocenters. The lowest BCUT2D eigenvalue weighted by Crippen LogP contribution is -2.45. The van der Waals surface area contributed by atoms with E-state index in [1.807, 2.05) is 0 Å². The lowest BCUT2D eigenvalue weighted by molar-refractivity contribution is -0.165. The van der Waals surface area contributed by atoms with Gasteiger partial charge in [-0.05, 0) is 61.2 Å². The zero-order valence-corrected chi connectivity index (χ0v) is 17.3. The molecule has 1 atom stereocenters. The highest BCUT2D eigenvalue weighted by molar-refractivity contribution is 7.22. The number of alkyl halides is 3. The molecule has 0 spiro atoms. The number of carbonyl (C=O) groups excluding carboxylic acids is 2. The van der Waals surface area contributed by atoms with Gasteiger partial charge in [0, 0.05) is 11.7 Å². The van der Waals surface area contributed by atoms with Crippen molar-refractivity contribution in [3.05, 3.63) is 53.8 Å². The molecule has 1 aliphatic carbocycles. The average Bonchev–Trinajstić information content (AvgIpc) is 3.07. The van der Waals surface area contributed by atoms with E-state index in [4.69, 9.17) is 0 Å². The smallest absolute Gasteiger partial charge is 0.353 e. The second kappa shape index (κ2) is 8.73. The van der Waals surface area contributed by atoms with Gasteiger partial charge in [-0.3, -0.25) is 10.1 Å². The fraction of sp³-hybridized carbons (Fsp3) is 0.286. The maximum Gasteiger partial charge on any atom is 0.404 e. The number of halogens is 4. The van der Waals surface area contributed by atoms with Crippen LogP contribution >= 0.6 is 11.3 Å². The minimum atomic E-state index is -4.75. The van der Waals surface area contributed by atoms with Crippen LogP contribution in [0.3, 0.4) is 0 Å². The van der Waals surface area contributed by atoms with Crippen molar-refractivity contribution >= 4 is 44.3 Å². The predicted molar refractivity (Wildman–Crippen MR) is 113 cm³/mol. The van der Waals surface area contributed by atoms with Crippen LogP contribution in [0.25, 0.3) is 10.2 Å². The Hall–Kier alpha value is -3.21. The maximum absolute atomic E-state index is 13.7. The minimum Gasteiger partial charge on any atom is -0.353 e. The van der Waals surface area contributed by atoms with Crippen LogP contribution in [-0.4, -0.2) is 29.1 Å². The monoisotopic (exact) mass is 466 g/mol. The summed E-state index contributed by atoms with van der Waals surface area (Å²) in [6.45, 7) is 0. The van der Waals surface area contributed by atoms with E-state index in [0.29, 0.717) is 28.7 Å². The third-order valence-corrected chi connectivity index (χ3v) is 6.04. The summed E-state index contributed by atoms with van der Waals surface area (Å²) < 4.78 is 54.4. The number of carbonyl (C=O) groups is 2. The van der Waals surface area contributed by atoms with E-state index in [9.17, 15) is 27.2 Å². The number of nitrogens with one attached hydrogen (secondary N) is 3. The molecule has 6 nitrogen and oxygen atoms in total. The molecule has 0 aliphatic heterocycles. The molecule has 0 radical (unpaired) electrons. The SMILES string of the molecule is O=C(Nc1ccc(F)cc1)Nc1nc2ccc(C(C(=O)NC3CCC3)C(F)(F)F)cc2s1. The van der Waals surface area contributed by atoms with E-state index < -0.39 is 29.8 Å². The molecule has 11 heteroatoms. The molecule has 168 valence electrons. The van der Waals surface area contributed by atoms with E-state index in [2.05, 4.69) is 20.9 Å². The van der Waals surface area contributed by atoms with E-state index in [-0.39, 0.29) is 16.7 Å². The van der Waals surface area contributed by atoms with Crippen molar-refractivity contribution in [1.82, 2.24) is 10.3 Å². The summed E-state index contributed by atoms with van der Waals surface area (Å²) in [5.41, 5.74) is 0.557. The van der Waals surface area contributed by atoms with Crippen LogP contribution in [0.4, 0.5) is 33.2 Å². The molecule has 3 aromatic rings. The number of hydrogen-bond acceptors (Lipinski definition) is 4. The molecule has 1 saturated carbocycles. The Morgan fingerprint density at radius 3 is 2.41 bits per heavy atom. The Morgan fingerprint density at radius 2 is 1.78 bits per heavy atom. The Bertz CT molecular complexity index is 1140. The van der Waals surface area contributed by atoms with Gasteiger partial charge in [0.25, 0.3) is 0 Å². The lowest BCUT2D eigenvalue weighted by Gasteiger charge is -2.29. The van der Waals surface area contributed by atoms with Gasteiger partial charge >= 0.3 is 12.2 Å². The average molecular weight is 466 g/mol. The van der Waals surface area contributed by atoms with Crippen molar-refractivity contribution in [2.75, 3.05) is 10.6 Å². The molecular weight excluding hydrogens is 448 g/mol. The van der Waals surface area contributed by atoms with Gasteiger partial charge in [-0.2, -0.15) is 13.2 Å². The Morgan fingerprint density at radius 1 is 1.06 bits per heavy atom. The third kappa shape index (κ3) is 4.98. The molecule has 1 fully saturated rings. The molecular formula is C21H18F4N4O2S. The van der Waals surface area contributed by atoms with E-state index in [0.717, 1.165) is 17.8 Å². The standard InChI is InChI=1S/C21H18F4N4O2S/c22-12-5-7-14(8-6-12)27-19(31)29-20-28-15-9-4-11(10-16(15)32-20)17(21(23,24)25)18(30)26-13-2-1-3-13/h4-10,13,17H,1-3H2,(H,26,30)(H2,27,28,29,31). The third-order valence-electron chi connectivity index (χ3n) is 5.11. The van der Waals surface area contributed by atoms with Crippen molar-refractivity contribution in [1.29, 1.82) is 0 Å². The number of urea groups is 1. The molecule has 1 aliphatic rings. The summed E-state index contributed by atoms with van der Waals surface area (Å²) in [7, 11) is 0. The summed E-state index contributed by atoms with van der Waals surface area (Å²) >= 11 is 0.980. The maximum atomic E-state index is 13.7. The number of hydrogen-bond donors (Lipinski definition) is 3. The molecule has 32 heavy (non-hydrogen) atoms. The van der Waals surface area contributed by atoms with Gasteiger partial charge in [0.05, 0.1) is 10.2 Å². The Kier molecular flexibility index (Phi) is 6.00. The second-order valence-corrected chi connectivity index (χ2v) is 8.47. The van der Waals surface area contributed by atoms with Crippen molar-refractivity contribution in [3.8, 4) is 0 Å². The van der Waals surface area contributed by atoms with Gasteiger partial charge in [-0.1, -0.05) is 17.4 Å². The van der Waals surface area contributed by atoms with Crippen molar-refractivity contribution in [2.45, 2.75) is 37.4 Å². The molecule has 1 heterocycles. The normalized spacial score (nSPS) is 15.1. The zero-order chi connectivity index (χ0) is 22.9. The van der Waals surface area contributed by atoms with Crippen LogP contribution in [0, 0.1) is 5.82 Å². The number of aromatic nitrogens is 1. The highest BCUT2D eigenvalue weighted by atomic mass is 32.1. The topological polar surface area (TPSA) is 83.1 Å². The summed E-state index contributed by atoms with van der Waals surface area (Å²) in [6, 6.07) is 8.17. The molecule has 0 saturated heterocycles. The first-order valence-corrected chi connectivity index (χ1v) is 10.6. The quantitative estimate of drug-likeness (QED) is 0.441. The number of anilines is 2. The van der Waals surface area contributed by atoms with Crippen LogP contribution in [0.5, 0.6) is 0 Å². The molecule has 3 amide bonds. The number of fused-ring (bicyclic) bond motifs is 1. The van der Waals surface area contributed by atoms with Crippen molar-refractivity contribution in [2.24, 2.45) is 0 Å². The summed E-state index contributed by atoms with van der Waals surface area (Å²) in [6.07, 6.45) is -2.50. The van der Waals surface area contributed by atoms with Crippen LogP contribution < -0.4 is 16.0 Å². The number of rotatable bonds is 5. The largest absolute Gasteiger partial charge is 0.404 e. The van der Waals surface area contributed by atoms with Gasteiger partial charge in [0.1, 0.15) is 5.82 Å². The van der Waals surface area contributed by atoms with E-state index in [1.54, 1.807) is 0 Å². The number of nitrogens with zero attached hydrogens (tertiary/aromatic N) is 1. The van der Waals surface area contributed by atoms with Crippen LogP contribution in [0.1, 0.15) is 30.7 Å². The fourth-order valence-corrected chi connectivity index (χ4v) is 4.20. The summed E-state index contributed by atoms with van der Waals surface area (Å²) in [5.74, 6) is -3.80. The number of thiazole rings is 1. The highest BCUT2D eigenvalue weighted by Gasteiger charge is 2.46. The predicted octanol–water partition coefficient (Wildman–Crippen LogP) is 5.39. The van der Waals surface area contributed by atoms with Gasteiger partial charge < -0.3 is 10.6 Å². The van der Waals surface area contributed by atoms with Crippen molar-refractivity contribution < 1.29 is 27.2 Å². The first kappa shape index (κ1) is 22.0. The Balaban J connectivity index is 1.51. The second-order valence-electron chi connectivity index (χ2n) is 7.44. The summed E-state index contributed by atoms with van der Waals surface area (Å²) in [4.78, 5) is 28.7. The lowest BCUT2D eigenvalue weighted by atomic mass is 9.91. The Labute approximate surface area is 184 Å². The van der Waals surface area contributed by atoms with E-state index >= 15 is 0 Å². The van der Waals surface area contributed by atoms with Crippen LogP contribution in [0.2, 0.25) is 0 Å². The number of amides is 3. The molecule has 4 rings (SSSR count). The fourth-order valence-electron chi connectivity index (χ4n) is 3.29. The molecule has 3 N–H and O–H groups in total. The van der Waals surface area contributed by atoms with Crippen molar-refractivity contribution in [3.63, 3.8) is 0 Å². The number of benzene rings is 2. The first-order valence-electron chi connectivity index (χ1n) is 9.80. The van der Waals surface area contributed by atoms with Gasteiger partial charge in [-0.25, -0.2) is 14.2 Å². The molecule has 2 aromatic carbocycles. The van der Waals surface area contributed by atoms with Crippen LogP contribution in [0.15, 0.2) is 42.5 Å². The van der Waals surface area contributed by atoms with Gasteiger partial charge in [0.2, 0.25) is 5.91 Å². The summed E-state index contributed by atoms with van der Waals surface area (Å²) in [5, 5.41) is 7.64. The highest BCUT2D eigenvalue weighted by Crippen LogP contribution is 2.38. The van der Waals surface area contributed by atoms with Gasteiger partial charge in [-0.15, -0.1) is 0 Å². The first-order chi connectivity index (χ1) is 15.2. The zero-order valence-electron chi connectivity index (χ0n) is 16.5.